The molecule has 2 atom stereocenters. The molecular weight excluding hydrogens is 216 g/mol. The number of hydrogen-bond acceptors (Lipinski definition) is 2. The van der Waals surface area contributed by atoms with Gasteiger partial charge in [0.05, 0.1) is 0 Å². The van der Waals surface area contributed by atoms with Crippen molar-refractivity contribution in [1.82, 2.24) is 10.2 Å². The van der Waals surface area contributed by atoms with Gasteiger partial charge < -0.3 is 10.2 Å². The van der Waals surface area contributed by atoms with E-state index in [-0.39, 0.29) is 23.9 Å². The normalized spacial score (nSPS) is 25.4. The summed E-state index contributed by atoms with van der Waals surface area (Å²) in [6, 6.07) is -0.645. The van der Waals surface area contributed by atoms with E-state index in [0.717, 1.165) is 19.3 Å². The van der Waals surface area contributed by atoms with Crippen molar-refractivity contribution in [2.75, 3.05) is 6.54 Å². The van der Waals surface area contributed by atoms with E-state index >= 15 is 0 Å². The molecule has 1 aliphatic heterocycles. The number of rotatable bonds is 5. The van der Waals surface area contributed by atoms with E-state index in [1.54, 1.807) is 11.8 Å². The van der Waals surface area contributed by atoms with Crippen LogP contribution in [-0.2, 0) is 9.59 Å². The van der Waals surface area contributed by atoms with Gasteiger partial charge in [0.1, 0.15) is 12.1 Å². The van der Waals surface area contributed by atoms with Gasteiger partial charge in [-0.05, 0) is 25.7 Å². The summed E-state index contributed by atoms with van der Waals surface area (Å²) in [6.07, 6.45) is 2.74. The van der Waals surface area contributed by atoms with E-state index in [2.05, 4.69) is 26.1 Å². The summed E-state index contributed by atoms with van der Waals surface area (Å²) in [7, 11) is 0. The number of hydrogen-bond donors (Lipinski definition) is 1. The van der Waals surface area contributed by atoms with Crippen molar-refractivity contribution in [3.63, 3.8) is 0 Å². The zero-order chi connectivity index (χ0) is 13.0. The highest BCUT2D eigenvalue weighted by atomic mass is 16.2. The number of carbonyl (C=O) groups is 2. The summed E-state index contributed by atoms with van der Waals surface area (Å²) in [5.74, 6) is 0.474. The predicted molar refractivity (Wildman–Crippen MR) is 67.5 cm³/mol. The highest BCUT2D eigenvalue weighted by molar-refractivity contribution is 5.96. The second-order valence-corrected chi connectivity index (χ2v) is 5.26. The Hall–Kier alpha value is -1.06. The minimum atomic E-state index is -0.372. The molecule has 0 aliphatic carbocycles. The molecule has 0 aromatic heterocycles. The Kier molecular flexibility index (Phi) is 4.97. The number of piperazine rings is 1. The number of carbonyl (C=O) groups excluding carboxylic acids is 2. The summed E-state index contributed by atoms with van der Waals surface area (Å²) in [5, 5.41) is 2.76. The van der Waals surface area contributed by atoms with Gasteiger partial charge in [0.15, 0.2) is 0 Å². The quantitative estimate of drug-likeness (QED) is 0.792. The first-order chi connectivity index (χ1) is 7.97. The molecule has 0 spiro atoms. The van der Waals surface area contributed by atoms with Gasteiger partial charge in [0.2, 0.25) is 11.8 Å². The minimum Gasteiger partial charge on any atom is -0.343 e. The minimum absolute atomic E-state index is 0.00176. The van der Waals surface area contributed by atoms with Crippen molar-refractivity contribution in [1.29, 1.82) is 0 Å². The van der Waals surface area contributed by atoms with E-state index in [1.807, 2.05) is 0 Å². The van der Waals surface area contributed by atoms with Crippen LogP contribution in [0.5, 0.6) is 0 Å². The zero-order valence-corrected chi connectivity index (χ0v) is 11.3. The molecule has 1 saturated heterocycles. The van der Waals surface area contributed by atoms with Crippen molar-refractivity contribution in [3.05, 3.63) is 0 Å². The molecule has 0 radical (unpaired) electrons. The summed E-state index contributed by atoms with van der Waals surface area (Å²) in [4.78, 5) is 25.8. The van der Waals surface area contributed by atoms with Gasteiger partial charge in [0, 0.05) is 6.54 Å². The molecule has 2 unspecified atom stereocenters. The maximum absolute atomic E-state index is 12.1. The van der Waals surface area contributed by atoms with Crippen LogP contribution in [0.15, 0.2) is 0 Å². The molecule has 2 amide bonds. The lowest BCUT2D eigenvalue weighted by Crippen LogP contribution is -2.62. The van der Waals surface area contributed by atoms with Crippen molar-refractivity contribution in [2.45, 2.75) is 59.0 Å². The molecule has 4 nitrogen and oxygen atoms in total. The van der Waals surface area contributed by atoms with Gasteiger partial charge in [0.25, 0.3) is 0 Å². The van der Waals surface area contributed by atoms with Crippen molar-refractivity contribution in [2.24, 2.45) is 5.92 Å². The smallest absolute Gasteiger partial charge is 0.245 e. The number of nitrogens with zero attached hydrogens (tertiary/aromatic N) is 1. The molecule has 98 valence electrons. The van der Waals surface area contributed by atoms with Crippen LogP contribution < -0.4 is 5.32 Å². The predicted octanol–water partition coefficient (Wildman–Crippen LogP) is 1.55. The summed E-state index contributed by atoms with van der Waals surface area (Å²) in [6.45, 7) is 8.70. The maximum atomic E-state index is 12.1. The molecule has 0 bridgehead atoms. The van der Waals surface area contributed by atoms with Crippen LogP contribution in [0.25, 0.3) is 0 Å². The van der Waals surface area contributed by atoms with Crippen molar-refractivity contribution < 1.29 is 9.59 Å². The van der Waals surface area contributed by atoms with E-state index < -0.39 is 0 Å². The number of unbranched alkanes of at least 4 members (excludes halogenated alkanes) is 1. The fraction of sp³-hybridized carbons (Fsp3) is 0.846. The molecule has 17 heavy (non-hydrogen) atoms. The molecule has 1 rings (SSSR count). The van der Waals surface area contributed by atoms with Gasteiger partial charge in [-0.15, -0.1) is 0 Å². The highest BCUT2D eigenvalue weighted by Gasteiger charge is 2.38. The monoisotopic (exact) mass is 240 g/mol. The van der Waals surface area contributed by atoms with Gasteiger partial charge in [-0.3, -0.25) is 9.59 Å². The summed E-state index contributed by atoms with van der Waals surface area (Å²) < 4.78 is 0. The largest absolute Gasteiger partial charge is 0.343 e. The first-order valence-electron chi connectivity index (χ1n) is 6.58. The van der Waals surface area contributed by atoms with E-state index in [4.69, 9.17) is 0 Å². The SMILES string of the molecule is CCCCN1C(=O)C(C)NC(=O)C1CC(C)C. The Balaban J connectivity index is 2.79. The lowest BCUT2D eigenvalue weighted by atomic mass is 9.98. The van der Waals surface area contributed by atoms with Crippen molar-refractivity contribution in [3.8, 4) is 0 Å². The van der Waals surface area contributed by atoms with Gasteiger partial charge in [-0.2, -0.15) is 0 Å². The Bertz CT molecular complexity index is 289. The molecule has 1 fully saturated rings. The maximum Gasteiger partial charge on any atom is 0.245 e. The third-order valence-electron chi connectivity index (χ3n) is 3.14. The van der Waals surface area contributed by atoms with E-state index in [1.165, 1.54) is 0 Å². The fourth-order valence-corrected chi connectivity index (χ4v) is 2.19. The van der Waals surface area contributed by atoms with Crippen LogP contribution in [0.4, 0.5) is 0 Å². The Labute approximate surface area is 104 Å². The van der Waals surface area contributed by atoms with Crippen LogP contribution in [0, 0.1) is 5.92 Å². The second-order valence-electron chi connectivity index (χ2n) is 5.26. The average molecular weight is 240 g/mol. The molecule has 4 heteroatoms. The number of amides is 2. The first-order valence-corrected chi connectivity index (χ1v) is 6.58. The van der Waals surface area contributed by atoms with E-state index in [0.29, 0.717) is 12.5 Å². The molecule has 0 saturated carbocycles. The lowest BCUT2D eigenvalue weighted by molar-refractivity contribution is -0.149. The Morgan fingerprint density at radius 3 is 2.53 bits per heavy atom. The summed E-state index contributed by atoms with van der Waals surface area (Å²) in [5.41, 5.74) is 0. The van der Waals surface area contributed by atoms with Gasteiger partial charge >= 0.3 is 0 Å². The molecular formula is C13H24N2O2. The Morgan fingerprint density at radius 2 is 2.00 bits per heavy atom. The summed E-state index contributed by atoms with van der Waals surface area (Å²) >= 11 is 0. The molecule has 1 aliphatic rings. The topological polar surface area (TPSA) is 49.4 Å². The first kappa shape index (κ1) is 14.0. The second kappa shape index (κ2) is 6.03. The lowest BCUT2D eigenvalue weighted by Gasteiger charge is -2.38. The molecule has 0 aromatic rings. The third kappa shape index (κ3) is 3.45. The van der Waals surface area contributed by atoms with Gasteiger partial charge in [-0.1, -0.05) is 27.2 Å². The van der Waals surface area contributed by atoms with Gasteiger partial charge in [-0.25, -0.2) is 0 Å². The molecule has 1 N–H and O–H groups in total. The van der Waals surface area contributed by atoms with Crippen LogP contribution in [-0.4, -0.2) is 35.3 Å². The van der Waals surface area contributed by atoms with Crippen LogP contribution >= 0.6 is 0 Å². The highest BCUT2D eigenvalue weighted by Crippen LogP contribution is 2.18. The molecule has 1 heterocycles. The van der Waals surface area contributed by atoms with E-state index in [9.17, 15) is 9.59 Å². The van der Waals surface area contributed by atoms with Crippen molar-refractivity contribution >= 4 is 11.8 Å². The Morgan fingerprint density at radius 1 is 1.35 bits per heavy atom. The van der Waals surface area contributed by atoms with Crippen LogP contribution in [0.1, 0.15) is 47.0 Å². The average Bonchev–Trinajstić information content (AvgIpc) is 2.25. The molecule has 0 aromatic carbocycles. The van der Waals surface area contributed by atoms with Crippen LogP contribution in [0.3, 0.4) is 0 Å². The zero-order valence-electron chi connectivity index (χ0n) is 11.3. The number of nitrogens with one attached hydrogen (secondary N) is 1. The fourth-order valence-electron chi connectivity index (χ4n) is 2.19. The van der Waals surface area contributed by atoms with Crippen LogP contribution in [0.2, 0.25) is 0 Å². The third-order valence-corrected chi connectivity index (χ3v) is 3.14. The standard InChI is InChI=1S/C13H24N2O2/c1-5-6-7-15-11(8-9(2)3)12(16)14-10(4)13(15)17/h9-11H,5-8H2,1-4H3,(H,14,16).